The number of nitrogens with zero attached hydrogens (tertiary/aromatic N) is 2. The Morgan fingerprint density at radius 1 is 0.471 bits per heavy atom. The smallest absolute Gasteiger partial charge is 0.0752 e. The van der Waals surface area contributed by atoms with Crippen LogP contribution in [0.15, 0.2) is 122 Å². The molecule has 7 aromatic rings. The Labute approximate surface area is 296 Å². The molecule has 2 aliphatic heterocycles. The van der Waals surface area contributed by atoms with Crippen LogP contribution in [0.1, 0.15) is 39.5 Å². The summed E-state index contributed by atoms with van der Waals surface area (Å²) in [6.07, 6.45) is 12.3. The molecule has 3 N–H and O–H groups in total. The molecule has 0 spiro atoms. The summed E-state index contributed by atoms with van der Waals surface area (Å²) in [5.74, 6) is 0. The first-order valence-corrected chi connectivity index (χ1v) is 17.2. The van der Waals surface area contributed by atoms with Crippen LogP contribution in [0.25, 0.3) is 97.1 Å². The van der Waals surface area contributed by atoms with E-state index in [1.807, 2.05) is 18.3 Å². The highest BCUT2D eigenvalue weighted by Gasteiger charge is 2.19. The van der Waals surface area contributed by atoms with E-state index < -0.39 is 0 Å². The minimum Gasteiger partial charge on any atom is -0.361 e. The number of nitrogens with one attached hydrogen (secondary N) is 3. The van der Waals surface area contributed by atoms with Gasteiger partial charge in [0.05, 0.1) is 28.3 Å². The van der Waals surface area contributed by atoms with Gasteiger partial charge in [-0.2, -0.15) is 0 Å². The zero-order chi connectivity index (χ0) is 34.5. The molecule has 9 rings (SSSR count). The van der Waals surface area contributed by atoms with Gasteiger partial charge >= 0.3 is 0 Å². The zero-order valence-electron chi connectivity index (χ0n) is 28.5. The predicted molar refractivity (Wildman–Crippen MR) is 215 cm³/mol. The maximum atomic E-state index is 5.39. The van der Waals surface area contributed by atoms with Crippen molar-refractivity contribution in [3.05, 3.63) is 161 Å². The van der Waals surface area contributed by atoms with E-state index in [0.29, 0.717) is 0 Å². The fraction of sp³-hybridized carbons (Fsp3) is 0.0435. The second-order valence-electron chi connectivity index (χ2n) is 13.1. The van der Waals surface area contributed by atoms with Crippen LogP contribution < -0.4 is 0 Å². The van der Waals surface area contributed by atoms with Gasteiger partial charge in [-0.05, 0) is 96.8 Å². The van der Waals surface area contributed by atoms with Gasteiger partial charge in [-0.1, -0.05) is 96.6 Å². The quantitative estimate of drug-likeness (QED) is 0.172. The van der Waals surface area contributed by atoms with Crippen molar-refractivity contribution >= 4 is 52.4 Å². The lowest BCUT2D eigenvalue weighted by Gasteiger charge is -2.07. The Balaban J connectivity index is 1.46. The van der Waals surface area contributed by atoms with Crippen LogP contribution in [-0.2, 0) is 0 Å². The molecule has 5 nitrogen and oxygen atoms in total. The van der Waals surface area contributed by atoms with E-state index in [0.717, 1.165) is 95.0 Å². The molecular weight excluding hydrogens is 623 g/mol. The number of H-pyrrole nitrogens is 3. The van der Waals surface area contributed by atoms with Gasteiger partial charge in [0.15, 0.2) is 0 Å². The number of fused-ring (bicyclic) bond motifs is 8. The fourth-order valence-electron chi connectivity index (χ4n) is 7.11. The average molecular weight is 658 g/mol. The minimum atomic E-state index is 0.879. The molecule has 3 aromatic carbocycles. The second-order valence-corrected chi connectivity index (χ2v) is 13.1. The fourth-order valence-corrected chi connectivity index (χ4v) is 7.11. The first kappa shape index (κ1) is 30.3. The van der Waals surface area contributed by atoms with Gasteiger partial charge in [0.2, 0.25) is 0 Å². The normalized spacial score (nSPS) is 12.0. The Bertz CT molecular complexity index is 2640. The molecule has 0 radical (unpaired) electrons. The van der Waals surface area contributed by atoms with Gasteiger partial charge in [0.25, 0.3) is 0 Å². The van der Waals surface area contributed by atoms with Gasteiger partial charge in [-0.25, -0.2) is 9.97 Å². The van der Waals surface area contributed by atoms with Crippen molar-refractivity contribution in [2.75, 3.05) is 0 Å². The first-order valence-electron chi connectivity index (χ1n) is 17.2. The molecular formula is C46H35N5. The monoisotopic (exact) mass is 657 g/mol. The van der Waals surface area contributed by atoms with Crippen LogP contribution in [-0.4, -0.2) is 24.9 Å². The molecule has 244 valence electrons. The highest BCUT2D eigenvalue weighted by Crippen LogP contribution is 2.38. The molecule has 0 unspecified atom stereocenters. The molecule has 4 aromatic heterocycles. The third-order valence-electron chi connectivity index (χ3n) is 9.74. The Morgan fingerprint density at radius 2 is 0.863 bits per heavy atom. The summed E-state index contributed by atoms with van der Waals surface area (Å²) in [5.41, 5.74) is 19.2. The third-order valence-corrected chi connectivity index (χ3v) is 9.74. The van der Waals surface area contributed by atoms with Crippen LogP contribution in [0.2, 0.25) is 0 Å². The van der Waals surface area contributed by atoms with Crippen molar-refractivity contribution in [3.63, 3.8) is 0 Å². The molecule has 5 heteroatoms. The summed E-state index contributed by atoms with van der Waals surface area (Å²) in [5, 5.41) is 0. The molecule has 0 saturated heterocycles. The average Bonchev–Trinajstić information content (AvgIpc) is 4.01. The molecule has 0 aliphatic carbocycles. The number of benzene rings is 3. The van der Waals surface area contributed by atoms with E-state index in [9.17, 15) is 0 Å². The van der Waals surface area contributed by atoms with Crippen molar-refractivity contribution in [3.8, 4) is 44.6 Å². The van der Waals surface area contributed by atoms with Gasteiger partial charge in [0.1, 0.15) is 0 Å². The van der Waals surface area contributed by atoms with E-state index in [2.05, 4.69) is 163 Å². The van der Waals surface area contributed by atoms with E-state index in [1.54, 1.807) is 0 Å². The highest BCUT2D eigenvalue weighted by atomic mass is 14.8. The highest BCUT2D eigenvalue weighted by molar-refractivity contribution is 5.99. The van der Waals surface area contributed by atoms with Crippen molar-refractivity contribution in [1.29, 1.82) is 0 Å². The van der Waals surface area contributed by atoms with E-state index in [-0.39, 0.29) is 0 Å². The molecule has 0 amide bonds. The number of hydrogen-bond acceptors (Lipinski definition) is 2. The Kier molecular flexibility index (Phi) is 7.32. The van der Waals surface area contributed by atoms with E-state index >= 15 is 0 Å². The van der Waals surface area contributed by atoms with Crippen molar-refractivity contribution in [2.45, 2.75) is 13.8 Å². The lowest BCUT2D eigenvalue weighted by molar-refractivity contribution is 1.30. The van der Waals surface area contributed by atoms with Gasteiger partial charge in [0, 0.05) is 50.7 Å². The maximum absolute atomic E-state index is 5.39. The van der Waals surface area contributed by atoms with Crippen LogP contribution >= 0.6 is 0 Å². The van der Waals surface area contributed by atoms with Crippen LogP contribution in [0.4, 0.5) is 0 Å². The predicted octanol–water partition coefficient (Wildman–Crippen LogP) is 11.9. The molecule has 0 atom stereocenters. The topological polar surface area (TPSA) is 73.2 Å². The van der Waals surface area contributed by atoms with Crippen LogP contribution in [0.5, 0.6) is 0 Å². The van der Waals surface area contributed by atoms with E-state index in [1.165, 1.54) is 11.1 Å². The summed E-state index contributed by atoms with van der Waals surface area (Å²) in [6.45, 7) is 8.20. The number of aromatic nitrogens is 5. The lowest BCUT2D eigenvalue weighted by atomic mass is 10.0. The SMILES string of the molecule is C=Cc1ccc(-c2c3nc(c(-c4ccc(C)cc4)c4ccc([nH]4)c(-c4ccc[nH]4)c4nc(c(-c5ccc(C)cc5)c5ccc2[nH]5)C=C4)C=C3)cc1. The van der Waals surface area contributed by atoms with Crippen molar-refractivity contribution < 1.29 is 0 Å². The molecule has 8 bridgehead atoms. The summed E-state index contributed by atoms with van der Waals surface area (Å²) in [6, 6.07) is 38.6. The van der Waals surface area contributed by atoms with Gasteiger partial charge < -0.3 is 15.0 Å². The maximum Gasteiger partial charge on any atom is 0.0752 e. The molecule has 0 fully saturated rings. The zero-order valence-corrected chi connectivity index (χ0v) is 28.5. The van der Waals surface area contributed by atoms with Crippen molar-refractivity contribution in [2.24, 2.45) is 0 Å². The van der Waals surface area contributed by atoms with E-state index in [4.69, 9.17) is 9.97 Å². The van der Waals surface area contributed by atoms with Gasteiger partial charge in [-0.3, -0.25) is 0 Å². The standard InChI is InChI=1S/C46H35N5/c1-4-30-11-17-33(18-12-30)45-37-21-19-35(48-37)43(31-13-7-28(2)8-14-31)39-23-25-41(50-39)46(34-6-5-27-47-34)42-26-24-40(51-42)44(36-20-22-38(45)49-36)32-15-9-29(3)10-16-32/h4-27,47-48,51H,1H2,2-3H3. The number of aromatic amines is 3. The largest absolute Gasteiger partial charge is 0.361 e. The molecule has 51 heavy (non-hydrogen) atoms. The third kappa shape index (κ3) is 5.45. The molecule has 6 heterocycles. The number of rotatable bonds is 5. The van der Waals surface area contributed by atoms with Crippen LogP contribution in [0.3, 0.4) is 0 Å². The Hall–Kier alpha value is -6.72. The second kappa shape index (κ2) is 12.3. The summed E-state index contributed by atoms with van der Waals surface area (Å²) in [4.78, 5) is 21.8. The molecule has 2 aliphatic rings. The lowest BCUT2D eigenvalue weighted by Crippen LogP contribution is -1.90. The molecule has 0 saturated carbocycles. The summed E-state index contributed by atoms with van der Waals surface area (Å²) < 4.78 is 0. The van der Waals surface area contributed by atoms with Gasteiger partial charge in [-0.15, -0.1) is 0 Å². The minimum absolute atomic E-state index is 0.879. The van der Waals surface area contributed by atoms with Crippen LogP contribution in [0, 0.1) is 13.8 Å². The number of aryl methyl sites for hydroxylation is 2. The number of hydrogen-bond donors (Lipinski definition) is 3. The Morgan fingerprint density at radius 3 is 1.25 bits per heavy atom. The summed E-state index contributed by atoms with van der Waals surface area (Å²) >= 11 is 0. The van der Waals surface area contributed by atoms with Crippen molar-refractivity contribution in [1.82, 2.24) is 24.9 Å². The summed E-state index contributed by atoms with van der Waals surface area (Å²) in [7, 11) is 0. The first-order chi connectivity index (χ1) is 25.0.